The van der Waals surface area contributed by atoms with Gasteiger partial charge in [0.15, 0.2) is 5.11 Å². The highest BCUT2D eigenvalue weighted by atomic mass is 32.1. The summed E-state index contributed by atoms with van der Waals surface area (Å²) in [5.41, 5.74) is 0.667. The van der Waals surface area contributed by atoms with Gasteiger partial charge < -0.3 is 10.1 Å². The van der Waals surface area contributed by atoms with Crippen molar-refractivity contribution in [2.75, 3.05) is 12.4 Å². The van der Waals surface area contributed by atoms with E-state index < -0.39 is 10.8 Å². The molecule has 0 aliphatic heterocycles. The molecule has 8 heteroatoms. The Morgan fingerprint density at radius 2 is 1.91 bits per heavy atom. The molecule has 2 N–H and O–H groups in total. The van der Waals surface area contributed by atoms with E-state index in [9.17, 15) is 14.9 Å². The number of rotatable bonds is 4. The van der Waals surface area contributed by atoms with E-state index in [1.807, 2.05) is 0 Å². The molecule has 2 rings (SSSR count). The number of amides is 1. The fourth-order valence-electron chi connectivity index (χ4n) is 1.77. The molecule has 118 valence electrons. The number of hydrogen-bond acceptors (Lipinski definition) is 5. The molecule has 0 aliphatic rings. The van der Waals surface area contributed by atoms with Crippen molar-refractivity contribution in [1.29, 1.82) is 0 Å². The van der Waals surface area contributed by atoms with Gasteiger partial charge in [0.25, 0.3) is 11.6 Å². The predicted molar refractivity (Wildman–Crippen MR) is 89.8 cm³/mol. The first-order chi connectivity index (χ1) is 11.0. The number of anilines is 1. The van der Waals surface area contributed by atoms with E-state index in [-0.39, 0.29) is 16.4 Å². The maximum absolute atomic E-state index is 12.0. The summed E-state index contributed by atoms with van der Waals surface area (Å²) in [6.45, 7) is 0. The van der Waals surface area contributed by atoms with Crippen LogP contribution in [0.2, 0.25) is 0 Å². The molecule has 0 aliphatic carbocycles. The zero-order valence-corrected chi connectivity index (χ0v) is 12.9. The fraction of sp³-hybridized carbons (Fsp3) is 0.0667. The van der Waals surface area contributed by atoms with Crippen molar-refractivity contribution >= 4 is 34.6 Å². The molecule has 0 saturated heterocycles. The number of hydrogen-bond donors (Lipinski definition) is 2. The Labute approximate surface area is 137 Å². The highest BCUT2D eigenvalue weighted by Crippen LogP contribution is 2.15. The van der Waals surface area contributed by atoms with Crippen LogP contribution in [-0.4, -0.2) is 23.1 Å². The van der Waals surface area contributed by atoms with Crippen molar-refractivity contribution in [3.8, 4) is 5.75 Å². The maximum atomic E-state index is 12.0. The van der Waals surface area contributed by atoms with Crippen LogP contribution in [0.15, 0.2) is 48.5 Å². The standard InChI is InChI=1S/C15H13N3O4S/c1-22-13-7-5-11(6-8-13)16-15(23)17-14(19)10-3-2-4-12(9-10)18(20)21/h2-9H,1H3,(H2,16,17,19,23). The zero-order chi connectivity index (χ0) is 16.8. The van der Waals surface area contributed by atoms with Gasteiger partial charge in [-0.05, 0) is 42.5 Å². The Kier molecular flexibility index (Phi) is 5.21. The number of carbonyl (C=O) groups is 1. The minimum absolute atomic E-state index is 0.0895. The number of nitro benzene ring substituents is 1. The van der Waals surface area contributed by atoms with Gasteiger partial charge in [-0.3, -0.25) is 20.2 Å². The fourth-order valence-corrected chi connectivity index (χ4v) is 1.98. The van der Waals surface area contributed by atoms with Crippen molar-refractivity contribution in [2.24, 2.45) is 0 Å². The Morgan fingerprint density at radius 1 is 1.22 bits per heavy atom. The quantitative estimate of drug-likeness (QED) is 0.508. The minimum atomic E-state index is -0.565. The molecule has 0 unspecified atom stereocenters. The molecule has 0 fully saturated rings. The van der Waals surface area contributed by atoms with Gasteiger partial charge in [0.05, 0.1) is 12.0 Å². The zero-order valence-electron chi connectivity index (χ0n) is 12.1. The number of methoxy groups -OCH3 is 1. The summed E-state index contributed by atoms with van der Waals surface area (Å²) in [5, 5.41) is 16.1. The molecule has 1 amide bonds. The number of non-ortho nitro benzene ring substituents is 1. The normalized spacial score (nSPS) is 9.78. The molecule has 0 radical (unpaired) electrons. The van der Waals surface area contributed by atoms with E-state index in [2.05, 4.69) is 10.6 Å². The van der Waals surface area contributed by atoms with Gasteiger partial charge >= 0.3 is 0 Å². The third kappa shape index (κ3) is 4.48. The van der Waals surface area contributed by atoms with E-state index in [0.717, 1.165) is 0 Å². The van der Waals surface area contributed by atoms with Gasteiger partial charge in [-0.15, -0.1) is 0 Å². The topological polar surface area (TPSA) is 93.5 Å². The molecule has 0 spiro atoms. The van der Waals surface area contributed by atoms with Crippen molar-refractivity contribution in [3.63, 3.8) is 0 Å². The summed E-state index contributed by atoms with van der Waals surface area (Å²) in [6, 6.07) is 12.4. The van der Waals surface area contributed by atoms with E-state index >= 15 is 0 Å². The molecule has 0 saturated carbocycles. The van der Waals surface area contributed by atoms with E-state index in [1.165, 1.54) is 24.3 Å². The van der Waals surface area contributed by atoms with Crippen LogP contribution in [-0.2, 0) is 0 Å². The molecule has 7 nitrogen and oxygen atoms in total. The lowest BCUT2D eigenvalue weighted by atomic mass is 10.2. The number of nitrogens with zero attached hydrogens (tertiary/aromatic N) is 1. The van der Waals surface area contributed by atoms with Gasteiger partial charge in [0.2, 0.25) is 0 Å². The molecule has 2 aromatic carbocycles. The first-order valence-electron chi connectivity index (χ1n) is 6.50. The Morgan fingerprint density at radius 3 is 2.52 bits per heavy atom. The first-order valence-corrected chi connectivity index (χ1v) is 6.91. The lowest BCUT2D eigenvalue weighted by Crippen LogP contribution is -2.34. The second-order valence-corrected chi connectivity index (χ2v) is 4.85. The van der Waals surface area contributed by atoms with Crippen LogP contribution in [0.5, 0.6) is 5.75 Å². The average Bonchev–Trinajstić information content (AvgIpc) is 2.55. The van der Waals surface area contributed by atoms with Crippen LogP contribution in [0.4, 0.5) is 11.4 Å². The van der Waals surface area contributed by atoms with Crippen molar-refractivity contribution in [3.05, 3.63) is 64.2 Å². The largest absolute Gasteiger partial charge is 0.497 e. The number of carbonyl (C=O) groups excluding carboxylic acids is 1. The van der Waals surface area contributed by atoms with Gasteiger partial charge in [-0.2, -0.15) is 0 Å². The van der Waals surface area contributed by atoms with Crippen LogP contribution in [0.25, 0.3) is 0 Å². The summed E-state index contributed by atoms with van der Waals surface area (Å²) in [6.07, 6.45) is 0. The van der Waals surface area contributed by atoms with E-state index in [1.54, 1.807) is 31.4 Å². The highest BCUT2D eigenvalue weighted by Gasteiger charge is 2.12. The second-order valence-electron chi connectivity index (χ2n) is 4.44. The smallest absolute Gasteiger partial charge is 0.270 e. The minimum Gasteiger partial charge on any atom is -0.497 e. The summed E-state index contributed by atoms with van der Waals surface area (Å²) >= 11 is 5.05. The lowest BCUT2D eigenvalue weighted by Gasteiger charge is -2.10. The van der Waals surface area contributed by atoms with Crippen LogP contribution in [0, 0.1) is 10.1 Å². The summed E-state index contributed by atoms with van der Waals surface area (Å²) in [4.78, 5) is 22.2. The van der Waals surface area contributed by atoms with Crippen molar-refractivity contribution < 1.29 is 14.5 Å². The Hall–Kier alpha value is -3.00. The molecule has 0 aromatic heterocycles. The van der Waals surface area contributed by atoms with Crippen LogP contribution >= 0.6 is 12.2 Å². The third-order valence-electron chi connectivity index (χ3n) is 2.89. The molecule has 23 heavy (non-hydrogen) atoms. The molecule has 2 aromatic rings. The average molecular weight is 331 g/mol. The first kappa shape index (κ1) is 16.4. The maximum Gasteiger partial charge on any atom is 0.270 e. The summed E-state index contributed by atoms with van der Waals surface area (Å²) < 4.78 is 5.04. The van der Waals surface area contributed by atoms with Crippen LogP contribution in [0.3, 0.4) is 0 Å². The van der Waals surface area contributed by atoms with E-state index in [4.69, 9.17) is 17.0 Å². The van der Waals surface area contributed by atoms with Gasteiger partial charge in [0, 0.05) is 23.4 Å². The number of nitrogens with one attached hydrogen (secondary N) is 2. The number of benzene rings is 2. The van der Waals surface area contributed by atoms with E-state index in [0.29, 0.717) is 11.4 Å². The SMILES string of the molecule is COc1ccc(NC(=S)NC(=O)c2cccc([N+](=O)[O-])c2)cc1. The summed E-state index contributed by atoms with van der Waals surface area (Å²) in [7, 11) is 1.56. The number of thiocarbonyl (C=S) groups is 1. The third-order valence-corrected chi connectivity index (χ3v) is 3.10. The van der Waals surface area contributed by atoms with Gasteiger partial charge in [-0.1, -0.05) is 6.07 Å². The number of nitro groups is 1. The Bertz CT molecular complexity index is 747. The van der Waals surface area contributed by atoms with Crippen LogP contribution in [0.1, 0.15) is 10.4 Å². The Balaban J connectivity index is 2.00. The molecular weight excluding hydrogens is 318 g/mol. The monoisotopic (exact) mass is 331 g/mol. The van der Waals surface area contributed by atoms with Crippen LogP contribution < -0.4 is 15.4 Å². The second kappa shape index (κ2) is 7.32. The van der Waals surface area contributed by atoms with Crippen molar-refractivity contribution in [2.45, 2.75) is 0 Å². The molecule has 0 atom stereocenters. The summed E-state index contributed by atoms with van der Waals surface area (Å²) in [5.74, 6) is 0.168. The van der Waals surface area contributed by atoms with Gasteiger partial charge in [-0.25, -0.2) is 0 Å². The van der Waals surface area contributed by atoms with Gasteiger partial charge in [0.1, 0.15) is 5.75 Å². The molecular formula is C15H13N3O4S. The predicted octanol–water partition coefficient (Wildman–Crippen LogP) is 2.73. The lowest BCUT2D eigenvalue weighted by molar-refractivity contribution is -0.384. The number of ether oxygens (including phenoxy) is 1. The highest BCUT2D eigenvalue weighted by molar-refractivity contribution is 7.80. The molecule has 0 heterocycles. The molecule has 0 bridgehead atoms. The van der Waals surface area contributed by atoms with Crippen molar-refractivity contribution in [1.82, 2.24) is 5.32 Å².